The van der Waals surface area contributed by atoms with E-state index >= 15 is 0 Å². The largest absolute Gasteiger partial charge is 0.491 e. The highest BCUT2D eigenvalue weighted by molar-refractivity contribution is 5.55. The number of carbonyl (C=O) groups is 1. The van der Waals surface area contributed by atoms with E-state index in [1.165, 1.54) is 5.56 Å². The van der Waals surface area contributed by atoms with Crippen LogP contribution < -0.4 is 4.74 Å². The summed E-state index contributed by atoms with van der Waals surface area (Å²) in [4.78, 5) is 15.0. The second-order valence-corrected chi connectivity index (χ2v) is 5.65. The van der Waals surface area contributed by atoms with Gasteiger partial charge in [-0.2, -0.15) is 5.10 Å². The molecule has 118 valence electrons. The van der Waals surface area contributed by atoms with Gasteiger partial charge in [-0.1, -0.05) is 37.3 Å². The maximum absolute atomic E-state index is 10.6. The van der Waals surface area contributed by atoms with Crippen LogP contribution in [0.1, 0.15) is 29.8 Å². The number of hydrogen-bond donors (Lipinski definition) is 0. The van der Waals surface area contributed by atoms with Crippen LogP contribution in [0, 0.1) is 6.92 Å². The smallest absolute Gasteiger partial charge is 0.158 e. The van der Waals surface area contributed by atoms with Crippen LogP contribution in [0.2, 0.25) is 0 Å². The number of ether oxygens (including phenoxy) is 1. The van der Waals surface area contributed by atoms with Crippen molar-refractivity contribution in [3.05, 3.63) is 59.5 Å². The van der Waals surface area contributed by atoms with Gasteiger partial charge in [-0.3, -0.25) is 0 Å². The minimum absolute atomic E-state index is 0.225. The van der Waals surface area contributed by atoms with Crippen molar-refractivity contribution in [2.45, 2.75) is 26.2 Å². The number of hydrogen-bond acceptors (Lipinski definition) is 4. The maximum Gasteiger partial charge on any atom is 0.158 e. The Labute approximate surface area is 134 Å². The zero-order chi connectivity index (χ0) is 16.2. The van der Waals surface area contributed by atoms with Crippen LogP contribution in [0.25, 0.3) is 5.65 Å². The summed E-state index contributed by atoms with van der Waals surface area (Å²) >= 11 is 0. The van der Waals surface area contributed by atoms with Crippen LogP contribution in [0.4, 0.5) is 0 Å². The number of pyridine rings is 1. The van der Waals surface area contributed by atoms with Gasteiger partial charge in [-0.15, -0.1) is 0 Å². The molecule has 2 heterocycles. The molecule has 3 rings (SSSR count). The van der Waals surface area contributed by atoms with Crippen LogP contribution in [0.5, 0.6) is 5.75 Å². The van der Waals surface area contributed by atoms with Gasteiger partial charge in [-0.25, -0.2) is 9.50 Å². The first-order chi connectivity index (χ1) is 11.2. The molecule has 1 aromatic carbocycles. The summed E-state index contributed by atoms with van der Waals surface area (Å²) in [6, 6.07) is 12.2. The topological polar surface area (TPSA) is 56.5 Å². The number of aromatic nitrogens is 3. The van der Waals surface area contributed by atoms with Gasteiger partial charge < -0.3 is 9.53 Å². The lowest BCUT2D eigenvalue weighted by molar-refractivity contribution is -0.107. The van der Waals surface area contributed by atoms with E-state index in [4.69, 9.17) is 4.74 Å². The Kier molecular flexibility index (Phi) is 4.37. The summed E-state index contributed by atoms with van der Waals surface area (Å²) in [5.74, 6) is 1.58. The molecule has 5 heteroatoms. The first-order valence-electron chi connectivity index (χ1n) is 7.64. The second-order valence-electron chi connectivity index (χ2n) is 5.65. The third kappa shape index (κ3) is 3.39. The van der Waals surface area contributed by atoms with E-state index in [0.29, 0.717) is 18.3 Å². The molecule has 0 N–H and O–H groups in total. The maximum atomic E-state index is 10.6. The van der Waals surface area contributed by atoms with Crippen molar-refractivity contribution < 1.29 is 9.53 Å². The SMILES string of the molecule is Cc1cc(OCC(C)c2ccccc2)cn2nc(CC=O)nc12. The van der Waals surface area contributed by atoms with E-state index in [-0.39, 0.29) is 6.42 Å². The second kappa shape index (κ2) is 6.60. The van der Waals surface area contributed by atoms with Crippen molar-refractivity contribution in [2.75, 3.05) is 6.61 Å². The van der Waals surface area contributed by atoms with Crippen molar-refractivity contribution in [1.29, 1.82) is 0 Å². The van der Waals surface area contributed by atoms with Crippen LogP contribution in [-0.2, 0) is 11.2 Å². The van der Waals surface area contributed by atoms with E-state index < -0.39 is 0 Å². The predicted octanol–water partition coefficient (Wildman–Crippen LogP) is 2.96. The van der Waals surface area contributed by atoms with Gasteiger partial charge in [0.15, 0.2) is 11.5 Å². The van der Waals surface area contributed by atoms with Crippen LogP contribution in [-0.4, -0.2) is 27.5 Å². The third-order valence-electron chi connectivity index (χ3n) is 3.77. The molecule has 0 aliphatic carbocycles. The zero-order valence-electron chi connectivity index (χ0n) is 13.3. The molecule has 0 aliphatic rings. The summed E-state index contributed by atoms with van der Waals surface area (Å²) in [7, 11) is 0. The number of aryl methyl sites for hydroxylation is 1. The Bertz CT molecular complexity index is 812. The molecule has 5 nitrogen and oxygen atoms in total. The molecule has 0 bridgehead atoms. The predicted molar refractivity (Wildman–Crippen MR) is 87.8 cm³/mol. The van der Waals surface area contributed by atoms with E-state index in [1.807, 2.05) is 31.2 Å². The van der Waals surface area contributed by atoms with Crippen molar-refractivity contribution in [3.8, 4) is 5.75 Å². The number of rotatable bonds is 6. The van der Waals surface area contributed by atoms with E-state index in [1.54, 1.807) is 10.7 Å². The first-order valence-corrected chi connectivity index (χ1v) is 7.64. The van der Waals surface area contributed by atoms with Gasteiger partial charge in [0.25, 0.3) is 0 Å². The Morgan fingerprint density at radius 1 is 1.30 bits per heavy atom. The molecule has 0 radical (unpaired) electrons. The summed E-state index contributed by atoms with van der Waals surface area (Å²) in [6.45, 7) is 4.69. The molecule has 0 fully saturated rings. The van der Waals surface area contributed by atoms with Gasteiger partial charge in [0.2, 0.25) is 0 Å². The lowest BCUT2D eigenvalue weighted by atomic mass is 10.0. The Balaban J connectivity index is 1.76. The Hall–Kier alpha value is -2.69. The van der Waals surface area contributed by atoms with Crippen LogP contribution >= 0.6 is 0 Å². The van der Waals surface area contributed by atoms with E-state index in [2.05, 4.69) is 29.1 Å². The summed E-state index contributed by atoms with van der Waals surface area (Å²) in [5, 5.41) is 4.30. The van der Waals surface area contributed by atoms with Crippen molar-refractivity contribution >= 4 is 11.9 Å². The number of fused-ring (bicyclic) bond motifs is 1. The van der Waals surface area contributed by atoms with Gasteiger partial charge in [0.1, 0.15) is 12.0 Å². The summed E-state index contributed by atoms with van der Waals surface area (Å²) in [5.41, 5.74) is 2.98. The van der Waals surface area contributed by atoms with Crippen molar-refractivity contribution in [1.82, 2.24) is 14.6 Å². The number of carbonyl (C=O) groups excluding carboxylic acids is 1. The molecule has 1 atom stereocenters. The standard InChI is InChI=1S/C18H19N3O2/c1-13-10-16(11-21-18(13)19-17(20-21)8-9-22)23-12-14(2)15-6-4-3-5-7-15/h3-7,9-11,14H,8,12H2,1-2H3. The quantitative estimate of drug-likeness (QED) is 0.657. The Morgan fingerprint density at radius 2 is 2.09 bits per heavy atom. The Morgan fingerprint density at radius 3 is 2.83 bits per heavy atom. The van der Waals surface area contributed by atoms with Crippen LogP contribution in [0.3, 0.4) is 0 Å². The van der Waals surface area contributed by atoms with Crippen LogP contribution in [0.15, 0.2) is 42.6 Å². The average molecular weight is 309 g/mol. The fraction of sp³-hybridized carbons (Fsp3) is 0.278. The minimum Gasteiger partial charge on any atom is -0.491 e. The average Bonchev–Trinajstić information content (AvgIpc) is 2.97. The molecule has 1 unspecified atom stereocenters. The molecular formula is C18H19N3O2. The molecule has 3 aromatic rings. The number of benzene rings is 1. The molecule has 0 saturated heterocycles. The van der Waals surface area contributed by atoms with Crippen molar-refractivity contribution in [3.63, 3.8) is 0 Å². The van der Waals surface area contributed by atoms with Crippen molar-refractivity contribution in [2.24, 2.45) is 0 Å². The van der Waals surface area contributed by atoms with E-state index in [9.17, 15) is 4.79 Å². The zero-order valence-corrected chi connectivity index (χ0v) is 13.3. The molecule has 0 amide bonds. The van der Waals surface area contributed by atoms with Gasteiger partial charge in [0, 0.05) is 5.92 Å². The highest BCUT2D eigenvalue weighted by Gasteiger charge is 2.10. The van der Waals surface area contributed by atoms with Gasteiger partial charge >= 0.3 is 0 Å². The normalized spacial score (nSPS) is 12.3. The number of aldehydes is 1. The molecule has 0 aliphatic heterocycles. The lowest BCUT2D eigenvalue weighted by Crippen LogP contribution is -2.07. The fourth-order valence-corrected chi connectivity index (χ4v) is 2.50. The summed E-state index contributed by atoms with van der Waals surface area (Å²) < 4.78 is 7.60. The highest BCUT2D eigenvalue weighted by atomic mass is 16.5. The molecule has 23 heavy (non-hydrogen) atoms. The monoisotopic (exact) mass is 309 g/mol. The highest BCUT2D eigenvalue weighted by Crippen LogP contribution is 2.20. The van der Waals surface area contributed by atoms with Gasteiger partial charge in [-0.05, 0) is 24.1 Å². The molecule has 0 saturated carbocycles. The first kappa shape index (κ1) is 15.2. The third-order valence-corrected chi connectivity index (χ3v) is 3.77. The van der Waals surface area contributed by atoms with Gasteiger partial charge in [0.05, 0.1) is 19.2 Å². The minimum atomic E-state index is 0.225. The fourth-order valence-electron chi connectivity index (χ4n) is 2.50. The molecule has 2 aromatic heterocycles. The number of nitrogens with zero attached hydrogens (tertiary/aromatic N) is 3. The van der Waals surface area contributed by atoms with E-state index in [0.717, 1.165) is 23.2 Å². The summed E-state index contributed by atoms with van der Waals surface area (Å²) in [6.07, 6.45) is 2.84. The lowest BCUT2D eigenvalue weighted by Gasteiger charge is -2.14. The molecular weight excluding hydrogens is 290 g/mol. The molecule has 0 spiro atoms.